The van der Waals surface area contributed by atoms with E-state index in [1.165, 1.54) is 18.5 Å². The van der Waals surface area contributed by atoms with Gasteiger partial charge in [0.1, 0.15) is 17.3 Å². The number of carbonyl (C=O) groups excluding carboxylic acids is 1. The molecule has 1 aromatic carbocycles. The molecule has 0 radical (unpaired) electrons. The number of benzene rings is 1. The van der Waals surface area contributed by atoms with Crippen LogP contribution in [0.25, 0.3) is 0 Å². The fraction of sp³-hybridized carbons (Fsp3) is 0.476. The van der Waals surface area contributed by atoms with E-state index in [1.807, 2.05) is 11.8 Å². The van der Waals surface area contributed by atoms with Gasteiger partial charge in [0.05, 0.1) is 0 Å². The Hall–Kier alpha value is -2.67. The Kier molecular flexibility index (Phi) is 5.43. The summed E-state index contributed by atoms with van der Waals surface area (Å²) in [5, 5.41) is 3.32. The maximum atomic E-state index is 12.8. The second kappa shape index (κ2) is 8.14. The van der Waals surface area contributed by atoms with Crippen molar-refractivity contribution in [1.29, 1.82) is 0 Å². The first-order valence-electron chi connectivity index (χ1n) is 10.0. The van der Waals surface area contributed by atoms with Gasteiger partial charge in [0, 0.05) is 56.7 Å². The molecule has 0 bridgehead atoms. The SMILES string of the molecule is Cc1nc(Nc2ccc(N3CCCC3)cc2)cc(C(=O)N2CCN(C)CC2)n1. The molecule has 0 unspecified atom stereocenters. The van der Waals surface area contributed by atoms with Crippen molar-refractivity contribution in [3.8, 4) is 0 Å². The number of aryl methyl sites for hydroxylation is 1. The zero-order chi connectivity index (χ0) is 19.5. The molecule has 1 aromatic heterocycles. The van der Waals surface area contributed by atoms with Gasteiger partial charge < -0.3 is 20.0 Å². The average molecular weight is 380 g/mol. The number of likely N-dealkylation sites (N-methyl/N-ethyl adjacent to an activating group) is 1. The van der Waals surface area contributed by atoms with Gasteiger partial charge in [0.25, 0.3) is 5.91 Å². The van der Waals surface area contributed by atoms with Crippen LogP contribution in [0.1, 0.15) is 29.2 Å². The molecule has 28 heavy (non-hydrogen) atoms. The van der Waals surface area contributed by atoms with Crippen LogP contribution in [0.2, 0.25) is 0 Å². The van der Waals surface area contributed by atoms with Gasteiger partial charge in [0.2, 0.25) is 0 Å². The lowest BCUT2D eigenvalue weighted by Crippen LogP contribution is -2.47. The zero-order valence-electron chi connectivity index (χ0n) is 16.7. The lowest BCUT2D eigenvalue weighted by molar-refractivity contribution is 0.0658. The second-order valence-corrected chi connectivity index (χ2v) is 7.65. The summed E-state index contributed by atoms with van der Waals surface area (Å²) in [7, 11) is 2.08. The Morgan fingerprint density at radius 1 is 0.964 bits per heavy atom. The van der Waals surface area contributed by atoms with Crippen LogP contribution in [0, 0.1) is 6.92 Å². The minimum absolute atomic E-state index is 0.0222. The molecule has 2 aliphatic heterocycles. The number of piperazine rings is 1. The van der Waals surface area contributed by atoms with E-state index in [4.69, 9.17) is 0 Å². The van der Waals surface area contributed by atoms with E-state index < -0.39 is 0 Å². The maximum absolute atomic E-state index is 12.8. The molecule has 3 heterocycles. The fourth-order valence-electron chi connectivity index (χ4n) is 3.79. The summed E-state index contributed by atoms with van der Waals surface area (Å²) in [6.07, 6.45) is 2.54. The van der Waals surface area contributed by atoms with Crippen molar-refractivity contribution in [3.63, 3.8) is 0 Å². The molecule has 0 spiro atoms. The minimum Gasteiger partial charge on any atom is -0.372 e. The first-order chi connectivity index (χ1) is 13.6. The summed E-state index contributed by atoms with van der Waals surface area (Å²) in [5.74, 6) is 1.22. The molecule has 2 aliphatic rings. The number of anilines is 3. The van der Waals surface area contributed by atoms with Gasteiger partial charge >= 0.3 is 0 Å². The van der Waals surface area contributed by atoms with Crippen molar-refractivity contribution in [2.75, 3.05) is 56.5 Å². The predicted molar refractivity (Wildman–Crippen MR) is 111 cm³/mol. The molecular formula is C21H28N6O. The number of hydrogen-bond donors (Lipinski definition) is 1. The van der Waals surface area contributed by atoms with Gasteiger partial charge in [0.15, 0.2) is 0 Å². The molecule has 148 valence electrons. The highest BCUT2D eigenvalue weighted by Crippen LogP contribution is 2.24. The van der Waals surface area contributed by atoms with Gasteiger partial charge in [-0.15, -0.1) is 0 Å². The monoisotopic (exact) mass is 380 g/mol. The highest BCUT2D eigenvalue weighted by atomic mass is 16.2. The fourth-order valence-corrected chi connectivity index (χ4v) is 3.79. The minimum atomic E-state index is -0.0222. The van der Waals surface area contributed by atoms with Crippen molar-refractivity contribution < 1.29 is 4.79 Å². The Bertz CT molecular complexity index is 823. The third kappa shape index (κ3) is 4.25. The first-order valence-corrected chi connectivity index (χ1v) is 10.0. The lowest BCUT2D eigenvalue weighted by Gasteiger charge is -2.32. The number of hydrogen-bond acceptors (Lipinski definition) is 6. The Labute approximate surface area is 166 Å². The van der Waals surface area contributed by atoms with E-state index in [2.05, 4.69) is 56.4 Å². The molecule has 1 N–H and O–H groups in total. The van der Waals surface area contributed by atoms with Crippen LogP contribution in [-0.4, -0.2) is 72.0 Å². The Balaban J connectivity index is 1.47. The molecule has 2 fully saturated rings. The summed E-state index contributed by atoms with van der Waals surface area (Å²) in [4.78, 5) is 28.2. The second-order valence-electron chi connectivity index (χ2n) is 7.65. The van der Waals surface area contributed by atoms with Crippen LogP contribution in [0.3, 0.4) is 0 Å². The number of amides is 1. The predicted octanol–water partition coefficient (Wildman–Crippen LogP) is 2.52. The molecule has 7 nitrogen and oxygen atoms in total. The Morgan fingerprint density at radius 3 is 2.32 bits per heavy atom. The standard InChI is InChI=1S/C21H28N6O/c1-16-22-19(21(28)27-13-11-25(2)12-14-27)15-20(23-16)24-17-5-7-18(8-6-17)26-9-3-4-10-26/h5-8,15H,3-4,9-14H2,1-2H3,(H,22,23,24). The van der Waals surface area contributed by atoms with E-state index >= 15 is 0 Å². The normalized spacial score (nSPS) is 17.8. The molecule has 0 atom stereocenters. The molecule has 7 heteroatoms. The summed E-state index contributed by atoms with van der Waals surface area (Å²) in [6, 6.07) is 10.2. The van der Waals surface area contributed by atoms with Gasteiger partial charge in [-0.05, 0) is 51.1 Å². The van der Waals surface area contributed by atoms with E-state index in [0.717, 1.165) is 45.0 Å². The smallest absolute Gasteiger partial charge is 0.272 e. The van der Waals surface area contributed by atoms with E-state index in [9.17, 15) is 4.79 Å². The summed E-state index contributed by atoms with van der Waals surface area (Å²) in [5.41, 5.74) is 2.67. The van der Waals surface area contributed by atoms with Crippen LogP contribution < -0.4 is 10.2 Å². The highest BCUT2D eigenvalue weighted by Gasteiger charge is 2.22. The van der Waals surface area contributed by atoms with Crippen molar-refractivity contribution in [3.05, 3.63) is 41.9 Å². The summed E-state index contributed by atoms with van der Waals surface area (Å²) in [6.45, 7) is 7.35. The molecule has 0 aliphatic carbocycles. The lowest BCUT2D eigenvalue weighted by atomic mass is 10.2. The number of rotatable bonds is 4. The van der Waals surface area contributed by atoms with E-state index in [0.29, 0.717) is 17.3 Å². The largest absolute Gasteiger partial charge is 0.372 e. The maximum Gasteiger partial charge on any atom is 0.272 e. The highest BCUT2D eigenvalue weighted by molar-refractivity contribution is 5.93. The van der Waals surface area contributed by atoms with E-state index in [1.54, 1.807) is 6.07 Å². The molecule has 2 aromatic rings. The molecule has 1 amide bonds. The van der Waals surface area contributed by atoms with Crippen LogP contribution in [0.4, 0.5) is 17.2 Å². The zero-order valence-corrected chi connectivity index (χ0v) is 16.7. The third-order valence-corrected chi connectivity index (χ3v) is 5.46. The summed E-state index contributed by atoms with van der Waals surface area (Å²) < 4.78 is 0. The molecule has 4 rings (SSSR count). The van der Waals surface area contributed by atoms with Crippen LogP contribution >= 0.6 is 0 Å². The summed E-state index contributed by atoms with van der Waals surface area (Å²) >= 11 is 0. The van der Waals surface area contributed by atoms with Crippen molar-refractivity contribution in [2.24, 2.45) is 0 Å². The van der Waals surface area contributed by atoms with Gasteiger partial charge in [-0.3, -0.25) is 4.79 Å². The number of carbonyl (C=O) groups is 1. The van der Waals surface area contributed by atoms with Crippen molar-refractivity contribution in [1.82, 2.24) is 19.8 Å². The number of aromatic nitrogens is 2. The van der Waals surface area contributed by atoms with Gasteiger partial charge in [-0.1, -0.05) is 0 Å². The third-order valence-electron chi connectivity index (χ3n) is 5.46. The quantitative estimate of drug-likeness (QED) is 0.879. The van der Waals surface area contributed by atoms with Crippen LogP contribution in [0.5, 0.6) is 0 Å². The van der Waals surface area contributed by atoms with Crippen molar-refractivity contribution >= 4 is 23.1 Å². The number of nitrogens with zero attached hydrogens (tertiary/aromatic N) is 5. The molecule has 2 saturated heterocycles. The molecule has 0 saturated carbocycles. The van der Waals surface area contributed by atoms with E-state index in [-0.39, 0.29) is 5.91 Å². The first kappa shape index (κ1) is 18.7. The Morgan fingerprint density at radius 2 is 1.64 bits per heavy atom. The van der Waals surface area contributed by atoms with Crippen molar-refractivity contribution in [2.45, 2.75) is 19.8 Å². The topological polar surface area (TPSA) is 64.6 Å². The van der Waals surface area contributed by atoms with Crippen LogP contribution in [0.15, 0.2) is 30.3 Å². The van der Waals surface area contributed by atoms with Crippen LogP contribution in [-0.2, 0) is 0 Å². The number of nitrogens with one attached hydrogen (secondary N) is 1. The van der Waals surface area contributed by atoms with Gasteiger partial charge in [-0.25, -0.2) is 9.97 Å². The molecular weight excluding hydrogens is 352 g/mol. The average Bonchev–Trinajstić information content (AvgIpc) is 3.23. The van der Waals surface area contributed by atoms with Gasteiger partial charge in [-0.2, -0.15) is 0 Å².